The van der Waals surface area contributed by atoms with Crippen molar-refractivity contribution in [2.24, 2.45) is 17.8 Å². The summed E-state index contributed by atoms with van der Waals surface area (Å²) in [7, 11) is -16.8. The van der Waals surface area contributed by atoms with E-state index in [4.69, 9.17) is 25.7 Å². The second-order valence-corrected chi connectivity index (χ2v) is 1850. The largest absolute Gasteiger partial charge is 1.00 e. The minimum atomic E-state index is -3.29. The van der Waals surface area contributed by atoms with Gasteiger partial charge in [-0.25, -0.2) is 0 Å². The van der Waals surface area contributed by atoms with Crippen LogP contribution in [-0.4, -0.2) is 74.1 Å². The third-order valence-corrected chi connectivity index (χ3v) is 5870. The molecule has 0 aromatic rings. The predicted molar refractivity (Wildman–Crippen MR) is 1250 cm³/mol. The molecule has 762 valence electrons. The summed E-state index contributed by atoms with van der Waals surface area (Å²) in [6.45, 7) is 11.8. The second-order valence-electron chi connectivity index (χ2n) is 13.2. The maximum atomic E-state index is 10.5. The van der Waals surface area contributed by atoms with Gasteiger partial charge in [0.2, 0.25) is 0 Å². The van der Waals surface area contributed by atoms with Crippen LogP contribution in [0.2, 0.25) is 0 Å². The van der Waals surface area contributed by atoms with Crippen LogP contribution in [0.15, 0.2) is 0 Å². The molecule has 0 amide bonds. The maximum absolute atomic E-state index is 10.5. The number of hydrogen-bond acceptors (Lipinski definition) is 7. The first-order valence-corrected chi connectivity index (χ1v) is 520. The summed E-state index contributed by atoms with van der Waals surface area (Å²) in [5.74, 6) is 8.94. The fraction of sp³-hybridized carbons (Fsp3) is 0.826. The summed E-state index contributed by atoms with van der Waals surface area (Å²) in [5.41, 5.74) is 0. The Morgan fingerprint density at radius 2 is 0.500 bits per heavy atom. The number of methoxy groups -OCH3 is 3. The monoisotopic (exact) mass is 10900 g/mol. The van der Waals surface area contributed by atoms with Crippen molar-refractivity contribution in [3.05, 3.63) is 6.42 Å². The minimum Gasteiger partial charge on any atom is -0.694 e. The summed E-state index contributed by atoms with van der Waals surface area (Å²) in [6.07, 6.45) is 9.14. The minimum absolute atomic E-state index is 0. The second kappa shape index (κ2) is 125. The van der Waals surface area contributed by atoms with E-state index in [1.165, 1.54) is 0 Å². The van der Waals surface area contributed by atoms with Gasteiger partial charge in [0, 0.05) is 52.8 Å². The molecule has 0 radical (unpaired) electrons. The van der Waals surface area contributed by atoms with Gasteiger partial charge in [-0.1, -0.05) is 20.8 Å². The van der Waals surface area contributed by atoms with Crippen LogP contribution in [0, 0.1) is 41.9 Å². The van der Waals surface area contributed by atoms with E-state index in [1.54, 1.807) is 28.3 Å². The van der Waals surface area contributed by atoms with Gasteiger partial charge in [0.05, 0.1) is 26.1 Å². The molecule has 0 aromatic heterocycles. The topological polar surface area (TPSA) is 91.3 Å². The van der Waals surface area contributed by atoms with Gasteiger partial charge in [-0.15, -0.1) is 11.8 Å². The molecule has 3 unspecified atom stereocenters. The summed E-state index contributed by atoms with van der Waals surface area (Å²) < 4.78 is 40.0. The number of aliphatic hydroxyl groups excluding tert-OH is 1. The van der Waals surface area contributed by atoms with Crippen LogP contribution < -0.4 is 56.1 Å². The Kier molecular flexibility index (Phi) is 207. The van der Waals surface area contributed by atoms with Crippen LogP contribution in [-0.2, 0) is 28.5 Å². The first-order valence-electron chi connectivity index (χ1n) is 21.4. The van der Waals surface area contributed by atoms with Crippen molar-refractivity contribution >= 4 is 1100 Å². The normalized spacial score (nSPS) is 16.5. The van der Waals surface area contributed by atoms with Gasteiger partial charge >= 0.3 is 1150 Å². The van der Waals surface area contributed by atoms with E-state index in [0.29, 0.717) is 45.6 Å². The number of ether oxygens (including phenoxy) is 3. The van der Waals surface area contributed by atoms with Gasteiger partial charge < -0.3 is 31.7 Å². The molecule has 0 rings (SSSR count). The number of aliphatic hydroxyl groups is 1. The number of rotatable bonds is 48. The van der Waals surface area contributed by atoms with Crippen molar-refractivity contribution in [1.82, 2.24) is 0 Å². The van der Waals surface area contributed by atoms with Crippen molar-refractivity contribution < 1.29 is 88.0 Å². The maximum Gasteiger partial charge on any atom is 1.00 e. The van der Waals surface area contributed by atoms with Crippen molar-refractivity contribution in [1.29, 1.82) is 0 Å². The van der Waals surface area contributed by atoms with E-state index in [0.717, 1.165) is 25.7 Å². The van der Waals surface area contributed by atoms with Crippen molar-refractivity contribution in [3.8, 4) is 17.8 Å². The molecule has 0 bridgehead atoms. The van der Waals surface area contributed by atoms with Crippen LogP contribution >= 0.6 is 1090 Å². The zero-order chi connectivity index (χ0) is 90.9. The molecule has 0 aromatic carbocycles. The molecule has 91 heteroatoms. The fourth-order valence-corrected chi connectivity index (χ4v) is 14000. The zero-order valence-electron chi connectivity index (χ0n) is 53.0. The zero-order valence-corrected chi connectivity index (χ0v) is 233. The van der Waals surface area contributed by atoms with Gasteiger partial charge in [0.1, 0.15) is 0 Å². The Morgan fingerprint density at radius 1 is 0.333 bits per heavy atom. The summed E-state index contributed by atoms with van der Waals surface area (Å²) in [4.78, 5) is 0. The molecule has 0 fully saturated rings. The molecule has 114 heavy (non-hydrogen) atoms. The summed E-state index contributed by atoms with van der Waals surface area (Å²) in [5, 5.41) is 8.39. The SMILES string of the molecule is CC#CCCC(C)COC.COCC(C)CO.COCC(C)COS(C)(=O)=O.II(I)I(I)I(I)I(I)I(I)I(I)I(I)I(I)I(I)I(I)I(I)I(I)I(I)I(I)I(I)I(I)I(I)I(I)I(I)I(I)I(I)I.I[I-]I.I[I-]I(I)I(I)I(I)I(I)I(I)I(I)I(I)I(I)I(I)I(I)I(I)I(I)I(I)I(I)I(I)I(I)I.[C-]#CC.[Na+]. The van der Waals surface area contributed by atoms with E-state index < -0.39 is 294 Å². The molecule has 0 aliphatic carbocycles. The van der Waals surface area contributed by atoms with Crippen molar-refractivity contribution in [2.45, 2.75) is 47.5 Å². The van der Waals surface area contributed by atoms with E-state index >= 15 is 0 Å². The molecule has 7 nitrogen and oxygen atoms in total. The predicted octanol–water partition coefficient (Wildman–Crippen LogP) is 65.0. The third-order valence-electron chi connectivity index (χ3n) is 6.07. The quantitative estimate of drug-likeness (QED) is 0.0213. The Bertz CT molecular complexity index is 2410. The molecule has 0 saturated heterocycles. The average molecular weight is 10900 g/mol. The Hall–Kier alpha value is 59.7. The Labute approximate surface area is 1270 Å². The smallest absolute Gasteiger partial charge is 0.694 e. The van der Waals surface area contributed by atoms with E-state index in [1.807, 2.05) is 26.7 Å². The first kappa shape index (κ1) is 189. The first-order chi connectivity index (χ1) is 51.8. The van der Waals surface area contributed by atoms with Gasteiger partial charge in [0.25, 0.3) is 10.1 Å². The Balaban J connectivity index is -0.000000233. The molecule has 0 saturated carbocycles. The van der Waals surface area contributed by atoms with Crippen LogP contribution in [0.25, 0.3) is 0 Å². The van der Waals surface area contributed by atoms with Gasteiger partial charge in [-0.05, 0) is 26.2 Å². The molecule has 0 heterocycles. The molecular formula is C23H45I82NaO7S-2. The van der Waals surface area contributed by atoms with Gasteiger partial charge in [0.15, 0.2) is 0 Å². The molecule has 0 aliphatic heterocycles. The molecule has 0 aliphatic rings. The standard InChI is InChI=1S/C9H16O.C6H14O4S.C5H12O2.C3H3.I44.I35.I3.Na/c1-4-5-6-7-9(2)8-10-3;1-6(4-9-2)5-10-11(3,7)8;1-5(3-6)4-7-2;1-3-2;1-24(2)26(5)28(7)30(9)32(11)34(13)36(15)38(17)40(19)42(21)44(23)43(22)41(20)39(18)37(16)35(14)33(12)31(10)29(8)27(6)25(3)4;1-19-21(4)23(6)25(8)27(10)29(12)31(14)33(16)35(18)34(17)32(15)30(13)28(11)26(9)24(7)22(5)20(2)3;1-3-2;/h9H,6-8H2,1-3H3;6H,4-5H2,1-3H3;5-6H,3-4H2,1-2H3;1H3;;;;/q;;;-1;;2*-1;+1. The van der Waals surface area contributed by atoms with Crippen LogP contribution in [0.5, 0.6) is 0 Å². The molecule has 0 spiro atoms. The average Bonchev–Trinajstić information content (AvgIpc) is 1.09. The Morgan fingerprint density at radius 3 is 0.640 bits per heavy atom. The van der Waals surface area contributed by atoms with E-state index in [9.17, 15) is 8.42 Å². The van der Waals surface area contributed by atoms with E-state index in [2.05, 4.69) is 823 Å². The van der Waals surface area contributed by atoms with Gasteiger partial charge in [-0.3, -0.25) is 4.18 Å². The summed E-state index contributed by atoms with van der Waals surface area (Å²) in [6, 6.07) is 0. The van der Waals surface area contributed by atoms with E-state index in [-0.39, 0.29) is 62.5 Å². The third kappa shape index (κ3) is 100. The number of hydrogen-bond donors (Lipinski definition) is 1. The fourth-order valence-electron chi connectivity index (χ4n) is 2.75. The molecule has 3 atom stereocenters. The molecule has 1 N–H and O–H groups in total. The van der Waals surface area contributed by atoms with Crippen LogP contribution in [0.4, 0.5) is 0 Å². The van der Waals surface area contributed by atoms with Crippen molar-refractivity contribution in [2.75, 3.05) is 60.6 Å². The summed E-state index contributed by atoms with van der Waals surface area (Å²) >= 11 is 138. The van der Waals surface area contributed by atoms with Gasteiger partial charge in [-0.2, -0.15) is 8.42 Å². The number of halogens is 82. The van der Waals surface area contributed by atoms with Crippen LogP contribution in [0.3, 0.4) is 0 Å². The van der Waals surface area contributed by atoms with Crippen LogP contribution in [0.1, 0.15) is 47.5 Å². The van der Waals surface area contributed by atoms with Crippen molar-refractivity contribution in [3.63, 3.8) is 0 Å². The molecular weight excluding hydrogens is 10800 g/mol.